The van der Waals surface area contributed by atoms with E-state index in [1.165, 1.54) is 25.3 Å². The average molecular weight is 614 g/mol. The van der Waals surface area contributed by atoms with Gasteiger partial charge in [-0.15, -0.1) is 0 Å². The number of imidazole rings is 2. The van der Waals surface area contributed by atoms with E-state index < -0.39 is 53.4 Å². The molecule has 0 saturated carbocycles. The second-order valence-corrected chi connectivity index (χ2v) is 11.1. The molecule has 4 aromatic rings. The van der Waals surface area contributed by atoms with E-state index in [0.717, 1.165) is 0 Å². The molecule has 41 heavy (non-hydrogen) atoms. The van der Waals surface area contributed by atoms with Crippen molar-refractivity contribution in [3.63, 3.8) is 0 Å². The fourth-order valence-electron chi connectivity index (χ4n) is 4.78. The molecule has 5 N–H and O–H groups in total. The van der Waals surface area contributed by atoms with Gasteiger partial charge in [0.05, 0.1) is 32.0 Å². The highest BCUT2D eigenvalue weighted by atomic mass is 31.1. The first kappa shape index (κ1) is 28.0. The molecule has 2 aliphatic heterocycles. The highest BCUT2D eigenvalue weighted by molar-refractivity contribution is 7.33. The maximum Gasteiger partial charge on any atom is 0.319 e. The van der Waals surface area contributed by atoms with Crippen molar-refractivity contribution in [1.82, 2.24) is 39.0 Å². The summed E-state index contributed by atoms with van der Waals surface area (Å²) in [6.45, 7) is -0.675. The van der Waals surface area contributed by atoms with E-state index in [9.17, 15) is 13.5 Å². The van der Waals surface area contributed by atoms with Crippen LogP contribution in [0, 0.1) is 0 Å². The van der Waals surface area contributed by atoms with E-state index in [2.05, 4.69) is 29.9 Å². The van der Waals surface area contributed by atoms with Gasteiger partial charge in [-0.1, -0.05) is 0 Å². The number of aromatic nitrogens is 8. The molecule has 2 saturated heterocycles. The molecule has 2 fully saturated rings. The molecular weight excluding hydrogens is 589 g/mol. The number of hydrogen-bond donors (Lipinski definition) is 3. The Kier molecular flexibility index (Phi) is 7.93. The normalized spacial score (nSPS) is 28.0. The van der Waals surface area contributed by atoms with Crippen molar-refractivity contribution in [3.05, 3.63) is 25.3 Å². The third-order valence-electron chi connectivity index (χ3n) is 6.72. The number of anilines is 2. The Hall–Kier alpha value is -3.15. The van der Waals surface area contributed by atoms with Crippen LogP contribution in [0.4, 0.5) is 16.0 Å². The van der Waals surface area contributed by atoms with E-state index in [1.807, 2.05) is 0 Å². The summed E-state index contributed by atoms with van der Waals surface area (Å²) in [4.78, 5) is 33.6. The number of nitrogens with two attached hydrogens (primary N) is 2. The largest absolute Gasteiger partial charge is 0.382 e. The van der Waals surface area contributed by atoms with Gasteiger partial charge in [-0.3, -0.25) is 18.3 Å². The molecule has 4 aromatic heterocycles. The van der Waals surface area contributed by atoms with Gasteiger partial charge in [0, 0.05) is 12.8 Å². The van der Waals surface area contributed by atoms with Gasteiger partial charge in [-0.05, 0) is 0 Å². The highest BCUT2D eigenvalue weighted by Crippen LogP contribution is 2.41. The molecule has 18 nitrogen and oxygen atoms in total. The first-order valence-electron chi connectivity index (χ1n) is 12.3. The zero-order chi connectivity index (χ0) is 28.7. The molecule has 2 unspecified atom stereocenters. The van der Waals surface area contributed by atoms with Gasteiger partial charge in [0.15, 0.2) is 22.9 Å². The number of nitrogen functional groups attached to an aromatic ring is 2. The summed E-state index contributed by atoms with van der Waals surface area (Å²) >= 11 is 0. The Morgan fingerprint density at radius 3 is 2.05 bits per heavy atom. The van der Waals surface area contributed by atoms with Crippen molar-refractivity contribution in [2.75, 3.05) is 24.7 Å². The Bertz CT molecular complexity index is 1610. The summed E-state index contributed by atoms with van der Waals surface area (Å²) in [5.74, 6) is 0.365. The van der Waals surface area contributed by atoms with Crippen LogP contribution < -0.4 is 11.5 Å². The lowest BCUT2D eigenvalue weighted by atomic mass is 10.2. The fraction of sp³-hybridized carbons (Fsp3) is 0.500. The summed E-state index contributed by atoms with van der Waals surface area (Å²) in [6.07, 6.45) is -0.118. The quantitative estimate of drug-likeness (QED) is 0.210. The minimum Gasteiger partial charge on any atom is -0.382 e. The number of ether oxygens (including phenoxy) is 2. The molecule has 6 rings (SSSR count). The van der Waals surface area contributed by atoms with E-state index in [4.69, 9.17) is 39.4 Å². The van der Waals surface area contributed by atoms with Crippen LogP contribution in [-0.2, 0) is 32.2 Å². The van der Waals surface area contributed by atoms with Crippen molar-refractivity contribution < 1.29 is 41.5 Å². The Morgan fingerprint density at radius 2 is 1.44 bits per heavy atom. The van der Waals surface area contributed by atoms with Crippen LogP contribution in [0.3, 0.4) is 0 Å². The maximum absolute atomic E-state index is 14.8. The number of rotatable bonds is 10. The van der Waals surface area contributed by atoms with Crippen LogP contribution >= 0.6 is 16.5 Å². The predicted octanol–water partition coefficient (Wildman–Crippen LogP) is 0.934. The number of hydrogen-bond acceptors (Lipinski definition) is 15. The molecule has 0 radical (unpaired) electrons. The molecule has 0 spiro atoms. The minimum absolute atomic E-state index is 0.0178. The monoisotopic (exact) mass is 614 g/mol. The SMILES string of the molecule is Nc1ncnc2c1ncn2[C@H]1C[C@@H](F)[C@@H](CO[PH](=O)O[C@H]2C[C@H](n3cnc4c(N)ncnc43)O[C@@H]2CO[PH](=O)O)O1. The zero-order valence-electron chi connectivity index (χ0n) is 21.0. The minimum atomic E-state index is -3.27. The Balaban J connectivity index is 1.09. The lowest BCUT2D eigenvalue weighted by Crippen LogP contribution is -2.27. The predicted molar refractivity (Wildman–Crippen MR) is 138 cm³/mol. The van der Waals surface area contributed by atoms with Crippen molar-refractivity contribution >= 4 is 50.5 Å². The van der Waals surface area contributed by atoms with Crippen molar-refractivity contribution in [3.8, 4) is 0 Å². The molecule has 2 aliphatic rings. The number of alkyl halides is 1. The second-order valence-electron chi connectivity index (χ2n) is 9.21. The third kappa shape index (κ3) is 5.67. The van der Waals surface area contributed by atoms with E-state index in [-0.39, 0.29) is 37.7 Å². The molecule has 0 bridgehead atoms. The first-order chi connectivity index (χ1) is 19.8. The van der Waals surface area contributed by atoms with Gasteiger partial charge in [-0.25, -0.2) is 34.3 Å². The van der Waals surface area contributed by atoms with Gasteiger partial charge < -0.3 is 39.4 Å². The molecule has 0 aromatic carbocycles. The summed E-state index contributed by atoms with van der Waals surface area (Å²) in [6, 6.07) is 0. The van der Waals surface area contributed by atoms with Gasteiger partial charge in [0.1, 0.15) is 54.5 Å². The second kappa shape index (κ2) is 11.6. The number of halogens is 1. The molecule has 0 amide bonds. The average Bonchev–Trinajstić information content (AvgIpc) is 3.72. The molecular formula is C20H25FN10O8P2. The maximum atomic E-state index is 14.8. The van der Waals surface area contributed by atoms with Crippen LogP contribution in [-0.4, -0.2) is 81.6 Å². The number of nitrogens with zero attached hydrogens (tertiary/aromatic N) is 8. The lowest BCUT2D eigenvalue weighted by molar-refractivity contribution is -0.0407. The third-order valence-corrected chi connectivity index (χ3v) is 8.03. The van der Waals surface area contributed by atoms with Crippen LogP contribution in [0.2, 0.25) is 0 Å². The fourth-order valence-corrected chi connectivity index (χ4v) is 5.95. The molecule has 0 aliphatic carbocycles. The number of fused-ring (bicyclic) bond motifs is 2. The van der Waals surface area contributed by atoms with Gasteiger partial charge in [0.2, 0.25) is 0 Å². The smallest absolute Gasteiger partial charge is 0.319 e. The summed E-state index contributed by atoms with van der Waals surface area (Å²) in [5.41, 5.74) is 13.2. The van der Waals surface area contributed by atoms with Crippen LogP contribution in [0.1, 0.15) is 25.3 Å². The van der Waals surface area contributed by atoms with Crippen LogP contribution in [0.15, 0.2) is 25.3 Å². The topological polar surface area (TPSA) is 240 Å². The summed E-state index contributed by atoms with van der Waals surface area (Å²) < 4.78 is 69.5. The first-order valence-corrected chi connectivity index (χ1v) is 14.8. The standard InChI is InChI=1S/C20H25FN10O8P2/c21-9-1-13(30-7-28-15-17(22)24-5-26-19(15)30)37-11(9)3-36-41(34)39-10-2-14(38-12(10)4-35-40(32)33)31-8-29-16-18(23)25-6-27-20(16)31/h5-14,40-41H,1-4H2,(H,32,33)(H2,22,24,26)(H2,23,25,27)/t9-,10+,11-,12-,13-,14-/m1/s1. The summed E-state index contributed by atoms with van der Waals surface area (Å²) in [7, 11) is -6.47. The van der Waals surface area contributed by atoms with Crippen LogP contribution in [0.5, 0.6) is 0 Å². The van der Waals surface area contributed by atoms with Gasteiger partial charge >= 0.3 is 16.5 Å². The van der Waals surface area contributed by atoms with Crippen LogP contribution in [0.25, 0.3) is 22.3 Å². The Morgan fingerprint density at radius 1 is 0.878 bits per heavy atom. The molecule has 21 heteroatoms. The van der Waals surface area contributed by atoms with E-state index in [1.54, 1.807) is 9.13 Å². The molecule has 6 heterocycles. The molecule has 220 valence electrons. The van der Waals surface area contributed by atoms with E-state index in [0.29, 0.717) is 22.3 Å². The van der Waals surface area contributed by atoms with Gasteiger partial charge in [-0.2, -0.15) is 0 Å². The molecule has 8 atom stereocenters. The Labute approximate surface area is 231 Å². The van der Waals surface area contributed by atoms with E-state index >= 15 is 0 Å². The lowest BCUT2D eigenvalue weighted by Gasteiger charge is -2.19. The zero-order valence-corrected chi connectivity index (χ0v) is 23.0. The van der Waals surface area contributed by atoms with Crippen molar-refractivity contribution in [2.45, 2.75) is 49.8 Å². The summed E-state index contributed by atoms with van der Waals surface area (Å²) in [5, 5.41) is 0. The van der Waals surface area contributed by atoms with Crippen molar-refractivity contribution in [1.29, 1.82) is 0 Å². The van der Waals surface area contributed by atoms with Crippen molar-refractivity contribution in [2.24, 2.45) is 0 Å². The van der Waals surface area contributed by atoms with Gasteiger partial charge in [0.25, 0.3) is 0 Å². The highest BCUT2D eigenvalue weighted by Gasteiger charge is 2.41.